The van der Waals surface area contributed by atoms with Gasteiger partial charge in [0.2, 0.25) is 0 Å². The van der Waals surface area contributed by atoms with E-state index in [0.717, 1.165) is 0 Å². The van der Waals surface area contributed by atoms with Crippen LogP contribution in [-0.2, 0) is 0 Å². The molecule has 124 valence electrons. The summed E-state index contributed by atoms with van der Waals surface area (Å²) in [5.41, 5.74) is 7.83. The van der Waals surface area contributed by atoms with E-state index in [-0.39, 0.29) is 0 Å². The molecule has 0 saturated carbocycles. The Hall–Kier alpha value is -3.12. The number of rotatable bonds is 2. The van der Waals surface area contributed by atoms with Gasteiger partial charge in [0.15, 0.2) is 0 Å². The molecule has 0 unspecified atom stereocenters. The summed E-state index contributed by atoms with van der Waals surface area (Å²) in [6.07, 6.45) is 0. The van der Waals surface area contributed by atoms with Crippen molar-refractivity contribution in [3.63, 3.8) is 0 Å². The Morgan fingerprint density at radius 2 is 0.808 bits per heavy atom. The van der Waals surface area contributed by atoms with Crippen LogP contribution in [0.5, 0.6) is 0 Å². The van der Waals surface area contributed by atoms with Gasteiger partial charge in [0.1, 0.15) is 0 Å². The highest BCUT2D eigenvalue weighted by Crippen LogP contribution is 2.31. The molecule has 0 heterocycles. The van der Waals surface area contributed by atoms with Crippen molar-refractivity contribution in [3.05, 3.63) is 117 Å². The molecule has 0 bridgehead atoms. The van der Waals surface area contributed by atoms with E-state index < -0.39 is 0 Å². The SMILES string of the molecule is Cc1ccc(-c2cccc3c2=c2c(-c4ccc(C)cc4)cccc2=3)cc1. The van der Waals surface area contributed by atoms with Crippen LogP contribution < -0.4 is 0 Å². The maximum absolute atomic E-state index is 2.25. The van der Waals surface area contributed by atoms with E-state index in [1.54, 1.807) is 0 Å². The topological polar surface area (TPSA) is 0 Å². The van der Waals surface area contributed by atoms with Gasteiger partial charge in [-0.05, 0) is 57.0 Å². The highest BCUT2D eigenvalue weighted by Gasteiger charge is 2.12. The van der Waals surface area contributed by atoms with E-state index >= 15 is 0 Å². The van der Waals surface area contributed by atoms with Gasteiger partial charge in [0, 0.05) is 0 Å². The van der Waals surface area contributed by atoms with Crippen LogP contribution >= 0.6 is 0 Å². The van der Waals surface area contributed by atoms with Crippen molar-refractivity contribution >= 4 is 0 Å². The van der Waals surface area contributed by atoms with Gasteiger partial charge in [-0.15, -0.1) is 0 Å². The van der Waals surface area contributed by atoms with E-state index in [1.165, 1.54) is 54.3 Å². The van der Waals surface area contributed by atoms with Crippen molar-refractivity contribution in [3.8, 4) is 22.3 Å². The molecule has 1 aliphatic rings. The first-order valence-electron chi connectivity index (χ1n) is 9.13. The summed E-state index contributed by atoms with van der Waals surface area (Å²) in [7, 11) is 0. The Bertz CT molecular complexity index is 1200. The Balaban J connectivity index is 1.86. The highest BCUT2D eigenvalue weighted by molar-refractivity contribution is 5.71. The predicted molar refractivity (Wildman–Crippen MR) is 109 cm³/mol. The van der Waals surface area contributed by atoms with Crippen molar-refractivity contribution in [2.45, 2.75) is 13.8 Å². The lowest BCUT2D eigenvalue weighted by atomic mass is 9.89. The summed E-state index contributed by atoms with van der Waals surface area (Å²) >= 11 is 0. The largest absolute Gasteiger partial charge is 0.0610 e. The zero-order chi connectivity index (χ0) is 17.7. The number of fused-ring (bicyclic) bond motifs is 2. The molecule has 0 fully saturated rings. The Morgan fingerprint density at radius 1 is 0.423 bits per heavy atom. The van der Waals surface area contributed by atoms with E-state index in [1.807, 2.05) is 0 Å². The summed E-state index contributed by atoms with van der Waals surface area (Å²) in [6, 6.07) is 31.1. The molecule has 5 rings (SSSR count). The van der Waals surface area contributed by atoms with Crippen LogP contribution in [0.15, 0.2) is 84.9 Å². The van der Waals surface area contributed by atoms with E-state index in [4.69, 9.17) is 0 Å². The quantitative estimate of drug-likeness (QED) is 0.345. The Kier molecular flexibility index (Phi) is 3.33. The fourth-order valence-electron chi connectivity index (χ4n) is 3.98. The Morgan fingerprint density at radius 3 is 1.19 bits per heavy atom. The molecule has 26 heavy (non-hydrogen) atoms. The minimum Gasteiger partial charge on any atom is -0.0610 e. The fraction of sp³-hybridized carbons (Fsp3) is 0.0769. The van der Waals surface area contributed by atoms with Crippen molar-refractivity contribution in [2.75, 3.05) is 0 Å². The van der Waals surface area contributed by atoms with Crippen molar-refractivity contribution < 1.29 is 0 Å². The third kappa shape index (κ3) is 2.23. The average Bonchev–Trinajstić information content (AvgIpc) is 2.66. The van der Waals surface area contributed by atoms with Gasteiger partial charge in [0.25, 0.3) is 0 Å². The molecular formula is C26H20. The van der Waals surface area contributed by atoms with Crippen molar-refractivity contribution in [2.24, 2.45) is 0 Å². The summed E-state index contributed by atoms with van der Waals surface area (Å²) in [6.45, 7) is 4.27. The van der Waals surface area contributed by atoms with Crippen molar-refractivity contribution in [1.29, 1.82) is 0 Å². The summed E-state index contributed by atoms with van der Waals surface area (Å²) < 4.78 is 0. The lowest BCUT2D eigenvalue weighted by Crippen LogP contribution is -1.97. The number of benzene rings is 4. The molecule has 0 amide bonds. The molecule has 1 aliphatic carbocycles. The van der Waals surface area contributed by atoms with Crippen LogP contribution in [0.3, 0.4) is 0 Å². The van der Waals surface area contributed by atoms with E-state index in [0.29, 0.717) is 0 Å². The third-order valence-corrected chi connectivity index (χ3v) is 5.39. The molecule has 0 N–H and O–H groups in total. The molecule has 0 aromatic heterocycles. The van der Waals surface area contributed by atoms with Crippen molar-refractivity contribution in [1.82, 2.24) is 0 Å². The lowest BCUT2D eigenvalue weighted by Gasteiger charge is -2.14. The maximum Gasteiger partial charge on any atom is -0.00141 e. The molecule has 0 radical (unpaired) electrons. The highest BCUT2D eigenvalue weighted by atomic mass is 14.2. The van der Waals surface area contributed by atoms with Gasteiger partial charge >= 0.3 is 0 Å². The van der Waals surface area contributed by atoms with E-state index in [9.17, 15) is 0 Å². The summed E-state index contributed by atoms with van der Waals surface area (Å²) in [5.74, 6) is 0. The molecule has 0 spiro atoms. The fourth-order valence-corrected chi connectivity index (χ4v) is 3.98. The Labute approximate surface area is 153 Å². The van der Waals surface area contributed by atoms with Gasteiger partial charge in [-0.1, -0.05) is 96.1 Å². The molecule has 4 aromatic rings. The third-order valence-electron chi connectivity index (χ3n) is 5.39. The molecular weight excluding hydrogens is 312 g/mol. The van der Waals surface area contributed by atoms with Crippen LogP contribution in [0.1, 0.15) is 11.1 Å². The smallest absolute Gasteiger partial charge is 0.00141 e. The van der Waals surface area contributed by atoms with Gasteiger partial charge in [-0.25, -0.2) is 0 Å². The number of aryl methyl sites for hydroxylation is 2. The van der Waals surface area contributed by atoms with Crippen LogP contribution in [0.2, 0.25) is 0 Å². The van der Waals surface area contributed by atoms with Gasteiger partial charge in [-0.2, -0.15) is 0 Å². The minimum atomic E-state index is 1.29. The zero-order valence-electron chi connectivity index (χ0n) is 15.1. The predicted octanol–water partition coefficient (Wildman–Crippen LogP) is 6.52. The van der Waals surface area contributed by atoms with Crippen LogP contribution in [0.25, 0.3) is 22.3 Å². The zero-order valence-corrected chi connectivity index (χ0v) is 15.1. The first-order chi connectivity index (χ1) is 12.7. The molecule has 0 aliphatic heterocycles. The van der Waals surface area contributed by atoms with Crippen LogP contribution in [-0.4, -0.2) is 0 Å². The number of hydrogen-bond acceptors (Lipinski definition) is 0. The first-order valence-corrected chi connectivity index (χ1v) is 9.13. The summed E-state index contributed by atoms with van der Waals surface area (Å²) in [5, 5.41) is 5.52. The number of hydrogen-bond donors (Lipinski definition) is 0. The van der Waals surface area contributed by atoms with Gasteiger partial charge in [-0.3, -0.25) is 0 Å². The van der Waals surface area contributed by atoms with Crippen LogP contribution in [0, 0.1) is 34.7 Å². The average molecular weight is 332 g/mol. The minimum absolute atomic E-state index is 1.29. The maximum atomic E-state index is 2.25. The lowest BCUT2D eigenvalue weighted by molar-refractivity contribution is 1.28. The summed E-state index contributed by atoms with van der Waals surface area (Å²) in [4.78, 5) is 0. The second-order valence-electron chi connectivity index (χ2n) is 7.19. The molecule has 0 heteroatoms. The van der Waals surface area contributed by atoms with Gasteiger partial charge < -0.3 is 0 Å². The van der Waals surface area contributed by atoms with E-state index in [2.05, 4.69) is 98.8 Å². The normalized spacial score (nSPS) is 11.5. The second kappa shape index (κ2) is 5.71. The first kappa shape index (κ1) is 15.2. The van der Waals surface area contributed by atoms with Gasteiger partial charge in [0.05, 0.1) is 0 Å². The molecule has 0 saturated heterocycles. The van der Waals surface area contributed by atoms with Crippen LogP contribution in [0.4, 0.5) is 0 Å². The second-order valence-corrected chi connectivity index (χ2v) is 7.19. The monoisotopic (exact) mass is 332 g/mol. The molecule has 0 atom stereocenters. The molecule has 0 nitrogen and oxygen atoms in total. The standard InChI is InChI=1S/C26H20/c1-17-9-13-19(14-10-17)21-5-3-7-23-24-8-4-6-22(26(24)25(21)23)20-15-11-18(2)12-16-20/h3-16H,1-2H3. The molecule has 4 aromatic carbocycles.